The number of hydrogen-bond acceptors (Lipinski definition) is 7. The summed E-state index contributed by atoms with van der Waals surface area (Å²) in [5.41, 5.74) is 0.955. The van der Waals surface area contributed by atoms with Crippen molar-refractivity contribution >= 4 is 43.5 Å². The lowest BCUT2D eigenvalue weighted by molar-refractivity contribution is -0.143. The van der Waals surface area contributed by atoms with Crippen LogP contribution in [0.2, 0.25) is 0 Å². The molecule has 11 heteroatoms. The van der Waals surface area contributed by atoms with Gasteiger partial charge in [-0.3, -0.25) is 9.59 Å². The Kier molecular flexibility index (Phi) is 9.41. The molecule has 0 aliphatic rings. The highest BCUT2D eigenvalue weighted by atomic mass is 32.2. The van der Waals surface area contributed by atoms with Crippen LogP contribution >= 0.6 is 11.3 Å². The average molecular weight is 534 g/mol. The van der Waals surface area contributed by atoms with Crippen LogP contribution in [0.15, 0.2) is 52.4 Å². The van der Waals surface area contributed by atoms with Crippen molar-refractivity contribution in [3.05, 3.63) is 52.8 Å². The molecule has 0 fully saturated rings. The molecule has 36 heavy (non-hydrogen) atoms. The van der Waals surface area contributed by atoms with Crippen LogP contribution in [0, 0.1) is 0 Å². The number of aromatic nitrogens is 1. The lowest BCUT2D eigenvalue weighted by Crippen LogP contribution is -2.31. The molecule has 194 valence electrons. The lowest BCUT2D eigenvalue weighted by Gasteiger charge is -2.20. The smallest absolute Gasteiger partial charge is 0.326 e. The summed E-state index contributed by atoms with van der Waals surface area (Å²) < 4.78 is 40.1. The molecule has 0 saturated heterocycles. The molecule has 0 spiro atoms. The molecule has 1 heterocycles. The summed E-state index contributed by atoms with van der Waals surface area (Å²) in [5, 5.41) is 0. The number of sulfonamides is 1. The molecular formula is C25H31N3O6S2. The molecule has 0 aliphatic carbocycles. The highest BCUT2D eigenvalue weighted by Crippen LogP contribution is 2.23. The number of nitrogens with zero attached hydrogens (tertiary/aromatic N) is 3. The van der Waals surface area contributed by atoms with Gasteiger partial charge in [0.1, 0.15) is 12.3 Å². The molecule has 1 aromatic heterocycles. The van der Waals surface area contributed by atoms with Crippen LogP contribution < -0.4 is 9.54 Å². The fraction of sp³-hybridized carbons (Fsp3) is 0.400. The van der Waals surface area contributed by atoms with E-state index in [1.54, 1.807) is 37.7 Å². The van der Waals surface area contributed by atoms with Crippen molar-refractivity contribution in [1.82, 2.24) is 8.87 Å². The third-order valence-corrected chi connectivity index (χ3v) is 8.56. The summed E-state index contributed by atoms with van der Waals surface area (Å²) in [6, 6.07) is 11.1. The second-order valence-corrected chi connectivity index (χ2v) is 10.8. The molecule has 0 bridgehead atoms. The Morgan fingerprint density at radius 3 is 2.42 bits per heavy atom. The Morgan fingerprint density at radius 1 is 1.08 bits per heavy atom. The number of amides is 1. The summed E-state index contributed by atoms with van der Waals surface area (Å²) in [6.07, 6.45) is 1.66. The molecule has 0 saturated carbocycles. The maximum absolute atomic E-state index is 13.0. The third kappa shape index (κ3) is 6.21. The van der Waals surface area contributed by atoms with Gasteiger partial charge < -0.3 is 14.0 Å². The predicted octanol–water partition coefficient (Wildman–Crippen LogP) is 3.83. The zero-order valence-corrected chi connectivity index (χ0v) is 22.5. The first-order chi connectivity index (χ1) is 17.2. The minimum absolute atomic E-state index is 0.103. The average Bonchev–Trinajstić information content (AvgIpc) is 3.20. The maximum atomic E-state index is 13.0. The highest BCUT2D eigenvalue weighted by molar-refractivity contribution is 7.89. The van der Waals surface area contributed by atoms with Gasteiger partial charge in [-0.25, -0.2) is 8.42 Å². The van der Waals surface area contributed by atoms with Crippen molar-refractivity contribution in [2.75, 3.05) is 26.8 Å². The van der Waals surface area contributed by atoms with E-state index in [0.717, 1.165) is 17.5 Å². The van der Waals surface area contributed by atoms with Crippen LogP contribution in [-0.2, 0) is 26.1 Å². The predicted molar refractivity (Wildman–Crippen MR) is 139 cm³/mol. The van der Waals surface area contributed by atoms with Crippen LogP contribution in [0.1, 0.15) is 44.0 Å². The Bertz CT molecular complexity index is 1390. The molecule has 0 aliphatic heterocycles. The molecule has 1 amide bonds. The van der Waals surface area contributed by atoms with Gasteiger partial charge in [-0.2, -0.15) is 9.30 Å². The first-order valence-electron chi connectivity index (χ1n) is 11.8. The zero-order chi connectivity index (χ0) is 26.3. The van der Waals surface area contributed by atoms with Gasteiger partial charge in [-0.05, 0) is 55.8 Å². The van der Waals surface area contributed by atoms with Crippen LogP contribution in [-0.4, -0.2) is 56.0 Å². The summed E-state index contributed by atoms with van der Waals surface area (Å²) in [4.78, 5) is 29.9. The topological polar surface area (TPSA) is 107 Å². The number of unbranched alkanes of at least 4 members (excludes halogenated alkanes) is 1. The van der Waals surface area contributed by atoms with Gasteiger partial charge in [-0.15, -0.1) is 0 Å². The van der Waals surface area contributed by atoms with Gasteiger partial charge in [0, 0.05) is 18.7 Å². The van der Waals surface area contributed by atoms with Gasteiger partial charge in [-0.1, -0.05) is 31.6 Å². The fourth-order valence-corrected chi connectivity index (χ4v) is 6.15. The van der Waals surface area contributed by atoms with Crippen molar-refractivity contribution in [3.63, 3.8) is 0 Å². The van der Waals surface area contributed by atoms with Crippen LogP contribution in [0.25, 0.3) is 10.2 Å². The SMILES string of the molecule is CCCCN(CC)S(=O)(=O)c1ccc(C(=O)N=c2sc3cc(OC)ccc3n2CC(=O)OCC)cc1. The van der Waals surface area contributed by atoms with E-state index in [1.165, 1.54) is 39.9 Å². The van der Waals surface area contributed by atoms with Gasteiger partial charge in [0.25, 0.3) is 5.91 Å². The number of carbonyl (C=O) groups is 2. The van der Waals surface area contributed by atoms with Crippen LogP contribution in [0.4, 0.5) is 0 Å². The Morgan fingerprint density at radius 2 is 1.81 bits per heavy atom. The van der Waals surface area contributed by atoms with Crippen LogP contribution in [0.5, 0.6) is 5.75 Å². The molecular weight excluding hydrogens is 502 g/mol. The highest BCUT2D eigenvalue weighted by Gasteiger charge is 2.23. The molecule has 2 aromatic carbocycles. The number of carbonyl (C=O) groups excluding carboxylic acids is 2. The summed E-state index contributed by atoms with van der Waals surface area (Å²) in [5.74, 6) is -0.352. The van der Waals surface area contributed by atoms with Gasteiger partial charge in [0.15, 0.2) is 4.80 Å². The van der Waals surface area contributed by atoms with E-state index in [4.69, 9.17) is 9.47 Å². The van der Waals surface area contributed by atoms with Crippen molar-refractivity contribution in [2.24, 2.45) is 4.99 Å². The second-order valence-electron chi connectivity index (χ2n) is 7.90. The standard InChI is InChI=1S/C25H31N3O6S2/c1-5-8-15-27(6-2)36(31,32)20-12-9-18(10-13-20)24(30)26-25-28(17-23(29)34-7-3)21-14-11-19(33-4)16-22(21)35-25/h9-14,16H,5-8,15,17H2,1-4H3. The van der Waals surface area contributed by atoms with E-state index in [-0.39, 0.29) is 23.6 Å². The van der Waals surface area contributed by atoms with Crippen molar-refractivity contribution in [2.45, 2.75) is 45.1 Å². The van der Waals surface area contributed by atoms with E-state index in [2.05, 4.69) is 4.99 Å². The summed E-state index contributed by atoms with van der Waals surface area (Å²) >= 11 is 1.24. The van der Waals surface area contributed by atoms with Gasteiger partial charge in [0.2, 0.25) is 10.0 Å². The molecule has 0 N–H and O–H groups in total. The summed E-state index contributed by atoms with van der Waals surface area (Å²) in [7, 11) is -2.09. The molecule has 9 nitrogen and oxygen atoms in total. The van der Waals surface area contributed by atoms with Gasteiger partial charge in [0.05, 0.1) is 28.8 Å². The quantitative estimate of drug-likeness (QED) is 0.347. The monoisotopic (exact) mass is 533 g/mol. The van der Waals surface area contributed by atoms with E-state index in [1.807, 2.05) is 13.0 Å². The Labute approximate surface area is 215 Å². The normalized spacial score (nSPS) is 12.3. The third-order valence-electron chi connectivity index (χ3n) is 5.53. The first-order valence-corrected chi connectivity index (χ1v) is 14.0. The first kappa shape index (κ1) is 27.6. The van der Waals surface area contributed by atoms with Gasteiger partial charge >= 0.3 is 5.97 Å². The largest absolute Gasteiger partial charge is 0.497 e. The van der Waals surface area contributed by atoms with E-state index in [9.17, 15) is 18.0 Å². The summed E-state index contributed by atoms with van der Waals surface area (Å²) in [6.45, 7) is 6.49. The fourth-order valence-electron chi connectivity index (χ4n) is 3.61. The second kappa shape index (κ2) is 12.3. The number of esters is 1. The number of benzene rings is 2. The van der Waals surface area contributed by atoms with E-state index < -0.39 is 21.9 Å². The number of fused-ring (bicyclic) bond motifs is 1. The van der Waals surface area contributed by atoms with E-state index >= 15 is 0 Å². The number of ether oxygens (including phenoxy) is 2. The number of rotatable bonds is 11. The van der Waals surface area contributed by atoms with Crippen LogP contribution in [0.3, 0.4) is 0 Å². The number of methoxy groups -OCH3 is 1. The lowest BCUT2D eigenvalue weighted by atomic mass is 10.2. The minimum atomic E-state index is -3.65. The minimum Gasteiger partial charge on any atom is -0.497 e. The van der Waals surface area contributed by atoms with Crippen molar-refractivity contribution in [1.29, 1.82) is 0 Å². The molecule has 0 atom stereocenters. The molecule has 0 radical (unpaired) electrons. The molecule has 0 unspecified atom stereocenters. The van der Waals surface area contributed by atoms with E-state index in [0.29, 0.717) is 29.2 Å². The Balaban J connectivity index is 1.96. The van der Waals surface area contributed by atoms with Crippen molar-refractivity contribution < 1.29 is 27.5 Å². The molecule has 3 rings (SSSR count). The number of thiazole rings is 1. The Hall–Kier alpha value is -3.02. The maximum Gasteiger partial charge on any atom is 0.326 e. The molecule has 3 aromatic rings. The van der Waals surface area contributed by atoms with Crippen molar-refractivity contribution in [3.8, 4) is 5.75 Å². The zero-order valence-electron chi connectivity index (χ0n) is 20.9. The number of hydrogen-bond donors (Lipinski definition) is 0.